The van der Waals surface area contributed by atoms with E-state index in [0.29, 0.717) is 24.7 Å². The maximum absolute atomic E-state index is 11.6. The van der Waals surface area contributed by atoms with Crippen LogP contribution in [0.3, 0.4) is 0 Å². The van der Waals surface area contributed by atoms with Gasteiger partial charge in [-0.25, -0.2) is 4.79 Å². The van der Waals surface area contributed by atoms with Crippen molar-refractivity contribution in [3.63, 3.8) is 0 Å². The second-order valence-corrected chi connectivity index (χ2v) is 6.58. The molecule has 0 radical (unpaired) electrons. The number of unbranched alkanes of at least 4 members (excludes halogenated alkanes) is 2. The summed E-state index contributed by atoms with van der Waals surface area (Å²) in [5.74, 6) is -0.406. The second kappa shape index (κ2) is 11.1. The quantitative estimate of drug-likeness (QED) is 0.502. The number of carboxylic acids is 1. The molecule has 2 unspecified atom stereocenters. The predicted molar refractivity (Wildman–Crippen MR) is 88.4 cm³/mol. The molecule has 0 aliphatic rings. The van der Waals surface area contributed by atoms with Crippen molar-refractivity contribution in [1.82, 2.24) is 0 Å². The van der Waals surface area contributed by atoms with E-state index in [-0.39, 0.29) is 0 Å². The van der Waals surface area contributed by atoms with Crippen LogP contribution in [0.15, 0.2) is 0 Å². The van der Waals surface area contributed by atoms with Crippen molar-refractivity contribution in [1.29, 1.82) is 0 Å². The van der Waals surface area contributed by atoms with Crippen LogP contribution >= 0.6 is 0 Å². The summed E-state index contributed by atoms with van der Waals surface area (Å²) < 4.78 is 0. The summed E-state index contributed by atoms with van der Waals surface area (Å²) >= 11 is 0. The lowest BCUT2D eigenvalue weighted by molar-refractivity contribution is -0.163. The minimum absolute atomic E-state index is 0.315. The highest BCUT2D eigenvalue weighted by atomic mass is 16.4. The van der Waals surface area contributed by atoms with Crippen LogP contribution in [-0.4, -0.2) is 21.8 Å². The van der Waals surface area contributed by atoms with Crippen LogP contribution in [0, 0.1) is 11.8 Å². The molecule has 0 heterocycles. The molecule has 0 bridgehead atoms. The van der Waals surface area contributed by atoms with Crippen LogP contribution < -0.4 is 0 Å². The molecule has 0 aliphatic carbocycles. The second-order valence-electron chi connectivity index (χ2n) is 6.58. The van der Waals surface area contributed by atoms with Crippen molar-refractivity contribution in [2.75, 3.05) is 0 Å². The van der Waals surface area contributed by atoms with Crippen molar-refractivity contribution in [3.05, 3.63) is 0 Å². The standard InChI is InChI=1S/C18H36O3/c1-5-9-11-15(7-3)13-18(21,17(19)20)14-16(8-4)12-10-6-2/h15-16,21H,5-14H2,1-4H3,(H,19,20). The fourth-order valence-electron chi connectivity index (χ4n) is 3.10. The van der Waals surface area contributed by atoms with Crippen molar-refractivity contribution >= 4 is 5.97 Å². The van der Waals surface area contributed by atoms with Crippen LogP contribution in [-0.2, 0) is 4.79 Å². The van der Waals surface area contributed by atoms with E-state index < -0.39 is 11.6 Å². The number of carbonyl (C=O) groups is 1. The lowest BCUT2D eigenvalue weighted by Gasteiger charge is -2.31. The van der Waals surface area contributed by atoms with Crippen molar-refractivity contribution in [2.24, 2.45) is 11.8 Å². The van der Waals surface area contributed by atoms with Gasteiger partial charge in [-0.1, -0.05) is 79.1 Å². The Hall–Kier alpha value is -0.570. The lowest BCUT2D eigenvalue weighted by atomic mass is 9.78. The van der Waals surface area contributed by atoms with Gasteiger partial charge >= 0.3 is 5.97 Å². The summed E-state index contributed by atoms with van der Waals surface area (Å²) in [6.45, 7) is 8.48. The minimum Gasteiger partial charge on any atom is -0.479 e. The highest BCUT2D eigenvalue weighted by Gasteiger charge is 2.39. The molecule has 0 saturated carbocycles. The van der Waals surface area contributed by atoms with Gasteiger partial charge in [0, 0.05) is 0 Å². The highest BCUT2D eigenvalue weighted by molar-refractivity contribution is 5.77. The molecule has 21 heavy (non-hydrogen) atoms. The fraction of sp³-hybridized carbons (Fsp3) is 0.944. The van der Waals surface area contributed by atoms with E-state index in [1.165, 1.54) is 0 Å². The summed E-state index contributed by atoms with van der Waals surface area (Å²) in [4.78, 5) is 11.6. The zero-order valence-electron chi connectivity index (χ0n) is 14.5. The van der Waals surface area contributed by atoms with E-state index in [9.17, 15) is 15.0 Å². The summed E-state index contributed by atoms with van der Waals surface area (Å²) in [5, 5.41) is 20.2. The largest absolute Gasteiger partial charge is 0.479 e. The number of hydrogen-bond acceptors (Lipinski definition) is 2. The highest BCUT2D eigenvalue weighted by Crippen LogP contribution is 2.32. The third kappa shape index (κ3) is 7.85. The Morgan fingerprint density at radius 3 is 1.52 bits per heavy atom. The van der Waals surface area contributed by atoms with Crippen molar-refractivity contribution in [3.8, 4) is 0 Å². The van der Waals surface area contributed by atoms with Gasteiger partial charge in [0.05, 0.1) is 0 Å². The van der Waals surface area contributed by atoms with Gasteiger partial charge in [-0.05, 0) is 24.7 Å². The van der Waals surface area contributed by atoms with Gasteiger partial charge in [0.1, 0.15) is 0 Å². The number of aliphatic carboxylic acids is 1. The van der Waals surface area contributed by atoms with Gasteiger partial charge in [0.15, 0.2) is 5.60 Å². The molecule has 0 rings (SSSR count). The van der Waals surface area contributed by atoms with Crippen LogP contribution in [0.5, 0.6) is 0 Å². The van der Waals surface area contributed by atoms with Crippen LogP contribution in [0.1, 0.15) is 91.9 Å². The van der Waals surface area contributed by atoms with E-state index in [2.05, 4.69) is 27.7 Å². The minimum atomic E-state index is -1.54. The lowest BCUT2D eigenvalue weighted by Crippen LogP contribution is -2.42. The predicted octanol–water partition coefficient (Wildman–Crippen LogP) is 5.02. The average Bonchev–Trinajstić information content (AvgIpc) is 2.47. The first kappa shape index (κ1) is 20.4. The first-order valence-corrected chi connectivity index (χ1v) is 8.89. The van der Waals surface area contributed by atoms with Gasteiger partial charge in [0.2, 0.25) is 0 Å². The SMILES string of the molecule is CCCCC(CC)CC(O)(CC(CC)CCCC)C(=O)O. The third-order valence-electron chi connectivity index (χ3n) is 4.74. The summed E-state index contributed by atoms with van der Waals surface area (Å²) in [7, 11) is 0. The van der Waals surface area contributed by atoms with Gasteiger partial charge in [-0.15, -0.1) is 0 Å². The molecule has 2 N–H and O–H groups in total. The van der Waals surface area contributed by atoms with E-state index in [0.717, 1.165) is 51.4 Å². The van der Waals surface area contributed by atoms with E-state index in [1.54, 1.807) is 0 Å². The van der Waals surface area contributed by atoms with E-state index in [4.69, 9.17) is 0 Å². The molecule has 0 aromatic rings. The average molecular weight is 300 g/mol. The molecule has 3 heteroatoms. The van der Waals surface area contributed by atoms with Gasteiger partial charge < -0.3 is 10.2 Å². The molecule has 2 atom stereocenters. The Labute approximate surface area is 131 Å². The molecule has 126 valence electrons. The van der Waals surface area contributed by atoms with E-state index in [1.807, 2.05) is 0 Å². The first-order chi connectivity index (χ1) is 9.93. The molecule has 0 saturated heterocycles. The van der Waals surface area contributed by atoms with Gasteiger partial charge in [-0.2, -0.15) is 0 Å². The Kier molecular flexibility index (Phi) is 10.8. The molecular weight excluding hydrogens is 264 g/mol. The van der Waals surface area contributed by atoms with Crippen molar-refractivity contribution < 1.29 is 15.0 Å². The molecule has 0 spiro atoms. The third-order valence-corrected chi connectivity index (χ3v) is 4.74. The Balaban J connectivity index is 4.75. The maximum atomic E-state index is 11.6. The Bertz CT molecular complexity index is 258. The number of carboxylic acid groups (broad SMARTS) is 1. The Morgan fingerprint density at radius 1 is 0.905 bits per heavy atom. The maximum Gasteiger partial charge on any atom is 0.335 e. The zero-order valence-corrected chi connectivity index (χ0v) is 14.5. The molecular formula is C18H36O3. The summed E-state index contributed by atoms with van der Waals surface area (Å²) in [6, 6.07) is 0. The van der Waals surface area contributed by atoms with E-state index >= 15 is 0 Å². The normalized spacial score (nSPS) is 17.2. The molecule has 0 aromatic carbocycles. The molecule has 0 fully saturated rings. The Morgan fingerprint density at radius 2 is 1.29 bits per heavy atom. The number of aliphatic hydroxyl groups is 1. The summed E-state index contributed by atoms with van der Waals surface area (Å²) in [6.07, 6.45) is 9.21. The fourth-order valence-corrected chi connectivity index (χ4v) is 3.10. The van der Waals surface area contributed by atoms with Crippen LogP contribution in [0.4, 0.5) is 0 Å². The van der Waals surface area contributed by atoms with Crippen LogP contribution in [0.2, 0.25) is 0 Å². The molecule has 0 aromatic heterocycles. The first-order valence-electron chi connectivity index (χ1n) is 8.89. The number of hydrogen-bond donors (Lipinski definition) is 2. The number of rotatable bonds is 13. The van der Waals surface area contributed by atoms with Crippen molar-refractivity contribution in [2.45, 2.75) is 97.5 Å². The smallest absolute Gasteiger partial charge is 0.335 e. The molecule has 0 aliphatic heterocycles. The summed E-state index contributed by atoms with van der Waals surface area (Å²) in [5.41, 5.74) is -1.54. The molecule has 0 amide bonds. The topological polar surface area (TPSA) is 57.5 Å². The van der Waals surface area contributed by atoms with Gasteiger partial charge in [0.25, 0.3) is 0 Å². The van der Waals surface area contributed by atoms with Crippen LogP contribution in [0.25, 0.3) is 0 Å². The monoisotopic (exact) mass is 300 g/mol. The van der Waals surface area contributed by atoms with Gasteiger partial charge in [-0.3, -0.25) is 0 Å². The zero-order chi connectivity index (χ0) is 16.3. The molecule has 3 nitrogen and oxygen atoms in total.